The van der Waals surface area contributed by atoms with Gasteiger partial charge in [0, 0.05) is 18.9 Å². The zero-order chi connectivity index (χ0) is 16.8. The lowest BCUT2D eigenvalue weighted by Gasteiger charge is -2.22. The summed E-state index contributed by atoms with van der Waals surface area (Å²) in [5.74, 6) is -1.27. The molecule has 0 heterocycles. The molecule has 1 rings (SSSR count). The predicted octanol–water partition coefficient (Wildman–Crippen LogP) is 2.52. The Labute approximate surface area is 137 Å². The van der Waals surface area contributed by atoms with Crippen molar-refractivity contribution in [2.24, 2.45) is 0 Å². The van der Waals surface area contributed by atoms with Crippen LogP contribution < -0.4 is 4.90 Å². The minimum absolute atomic E-state index is 0.0871. The van der Waals surface area contributed by atoms with Gasteiger partial charge in [-0.15, -0.1) is 0 Å². The molecule has 0 saturated heterocycles. The van der Waals surface area contributed by atoms with Gasteiger partial charge in [0.05, 0.1) is 28.8 Å². The van der Waals surface area contributed by atoms with Crippen LogP contribution in [0.4, 0.5) is 10.1 Å². The van der Waals surface area contributed by atoms with E-state index in [0.29, 0.717) is 6.61 Å². The van der Waals surface area contributed by atoms with E-state index in [1.54, 1.807) is 6.92 Å². The lowest BCUT2D eigenvalue weighted by molar-refractivity contribution is -0.114. The van der Waals surface area contributed by atoms with E-state index in [9.17, 15) is 17.6 Å². The quantitative estimate of drug-likeness (QED) is 0.527. The molecule has 0 aliphatic carbocycles. The molecule has 22 heavy (non-hydrogen) atoms. The van der Waals surface area contributed by atoms with Crippen molar-refractivity contribution < 1.29 is 22.3 Å². The largest absolute Gasteiger partial charge is 0.501 e. The summed E-state index contributed by atoms with van der Waals surface area (Å²) >= 11 is 3.08. The number of hydrogen-bond donors (Lipinski definition) is 0. The molecule has 0 fully saturated rings. The van der Waals surface area contributed by atoms with Crippen molar-refractivity contribution in [1.29, 1.82) is 0 Å². The van der Waals surface area contributed by atoms with E-state index in [2.05, 4.69) is 15.9 Å². The minimum Gasteiger partial charge on any atom is -0.501 e. The average molecular weight is 394 g/mol. The van der Waals surface area contributed by atoms with Gasteiger partial charge < -0.3 is 9.64 Å². The first-order valence-corrected chi connectivity index (χ1v) is 9.33. The number of amides is 1. The fraction of sp³-hybridized carbons (Fsp3) is 0.357. The molecule has 1 aromatic rings. The highest BCUT2D eigenvalue weighted by atomic mass is 79.9. The fourth-order valence-electron chi connectivity index (χ4n) is 1.60. The van der Waals surface area contributed by atoms with Crippen LogP contribution in [0, 0.1) is 5.82 Å². The topological polar surface area (TPSA) is 63.7 Å². The van der Waals surface area contributed by atoms with Crippen molar-refractivity contribution in [3.8, 4) is 0 Å². The molecule has 8 heteroatoms. The summed E-state index contributed by atoms with van der Waals surface area (Å²) < 4.78 is 41.4. The monoisotopic (exact) mass is 393 g/mol. The molecule has 0 saturated carbocycles. The van der Waals surface area contributed by atoms with Crippen molar-refractivity contribution in [2.75, 3.05) is 30.1 Å². The highest BCUT2D eigenvalue weighted by molar-refractivity contribution is 9.10. The summed E-state index contributed by atoms with van der Waals surface area (Å²) in [6.45, 7) is 2.08. The maximum Gasteiger partial charge on any atom is 0.254 e. The molecule has 0 aliphatic heterocycles. The molecule has 1 amide bonds. The first-order valence-electron chi connectivity index (χ1n) is 6.47. The lowest BCUT2D eigenvalue weighted by atomic mass is 10.2. The molecule has 0 aliphatic rings. The summed E-state index contributed by atoms with van der Waals surface area (Å²) in [4.78, 5) is 13.4. The van der Waals surface area contributed by atoms with E-state index in [1.807, 2.05) is 0 Å². The predicted molar refractivity (Wildman–Crippen MR) is 86.9 cm³/mol. The second kappa shape index (κ2) is 8.28. The number of ether oxygens (including phenoxy) is 1. The third-order valence-corrected chi connectivity index (χ3v) is 4.36. The van der Waals surface area contributed by atoms with Gasteiger partial charge in [0.1, 0.15) is 15.7 Å². The van der Waals surface area contributed by atoms with Gasteiger partial charge in [0.2, 0.25) is 0 Å². The van der Waals surface area contributed by atoms with Crippen LogP contribution in [0.15, 0.2) is 35.0 Å². The maximum atomic E-state index is 13.6. The Morgan fingerprint density at radius 3 is 2.73 bits per heavy atom. The summed E-state index contributed by atoms with van der Waals surface area (Å²) in [6.07, 6.45) is 3.47. The number of hydrogen-bond acceptors (Lipinski definition) is 4. The van der Waals surface area contributed by atoms with Gasteiger partial charge >= 0.3 is 0 Å². The van der Waals surface area contributed by atoms with Crippen molar-refractivity contribution in [3.05, 3.63) is 40.8 Å². The van der Waals surface area contributed by atoms with Crippen LogP contribution in [0.1, 0.15) is 6.92 Å². The highest BCUT2D eigenvalue weighted by Gasteiger charge is 2.19. The number of anilines is 1. The Morgan fingerprint density at radius 2 is 2.14 bits per heavy atom. The normalized spacial score (nSPS) is 11.6. The summed E-state index contributed by atoms with van der Waals surface area (Å²) in [7, 11) is -3.27. The molecule has 5 nitrogen and oxygen atoms in total. The number of benzene rings is 1. The Bertz CT molecular complexity index is 661. The number of sulfone groups is 1. The van der Waals surface area contributed by atoms with Gasteiger partial charge in [-0.2, -0.15) is 0 Å². The minimum atomic E-state index is -3.27. The lowest BCUT2D eigenvalue weighted by Crippen LogP contribution is -2.34. The van der Waals surface area contributed by atoms with Crippen LogP contribution in [0.5, 0.6) is 0 Å². The molecule has 122 valence electrons. The van der Waals surface area contributed by atoms with Crippen LogP contribution in [0.25, 0.3) is 0 Å². The number of carbonyl (C=O) groups is 1. The SMILES string of the molecule is CCO/C=C/C(=O)N(CCS(C)(=O)=O)c1cccc(F)c1Br. The molecular formula is C14H17BrFNO4S. The summed E-state index contributed by atoms with van der Waals surface area (Å²) in [5, 5.41) is 0. The van der Waals surface area contributed by atoms with Crippen molar-refractivity contribution >= 4 is 37.4 Å². The zero-order valence-electron chi connectivity index (χ0n) is 12.3. The van der Waals surface area contributed by atoms with E-state index in [1.165, 1.54) is 35.4 Å². The maximum absolute atomic E-state index is 13.6. The molecule has 0 bridgehead atoms. The van der Waals surface area contributed by atoms with Gasteiger partial charge in [0.15, 0.2) is 0 Å². The standard InChI is InChI=1S/C14H17BrFNO4S/c1-3-21-9-7-13(18)17(8-10-22(2,19)20)12-6-4-5-11(16)14(12)15/h4-7,9H,3,8,10H2,1-2H3/b9-7+. The van der Waals surface area contributed by atoms with Crippen molar-refractivity contribution in [3.63, 3.8) is 0 Å². The number of halogens is 2. The Morgan fingerprint density at radius 1 is 1.45 bits per heavy atom. The van der Waals surface area contributed by atoms with Crippen molar-refractivity contribution in [1.82, 2.24) is 0 Å². The van der Waals surface area contributed by atoms with Crippen LogP contribution in [0.3, 0.4) is 0 Å². The van der Waals surface area contributed by atoms with Crippen LogP contribution in [0.2, 0.25) is 0 Å². The highest BCUT2D eigenvalue weighted by Crippen LogP contribution is 2.29. The Kier molecular flexibility index (Phi) is 7.02. The molecule has 0 spiro atoms. The van der Waals surface area contributed by atoms with Crippen LogP contribution in [-0.4, -0.2) is 39.5 Å². The molecule has 1 aromatic carbocycles. The van der Waals surface area contributed by atoms with Crippen LogP contribution in [-0.2, 0) is 19.4 Å². The van der Waals surface area contributed by atoms with E-state index >= 15 is 0 Å². The molecule has 0 aromatic heterocycles. The summed E-state index contributed by atoms with van der Waals surface area (Å²) in [6, 6.07) is 4.22. The van der Waals surface area contributed by atoms with E-state index in [0.717, 1.165) is 6.26 Å². The van der Waals surface area contributed by atoms with Gasteiger partial charge in [-0.05, 0) is 35.0 Å². The fourth-order valence-corrected chi connectivity index (χ4v) is 2.59. The van der Waals surface area contributed by atoms with Gasteiger partial charge in [0.25, 0.3) is 5.91 Å². The second-order valence-electron chi connectivity index (χ2n) is 4.45. The third-order valence-electron chi connectivity index (χ3n) is 2.65. The van der Waals surface area contributed by atoms with E-state index < -0.39 is 21.6 Å². The first kappa shape index (κ1) is 18.6. The number of rotatable bonds is 7. The summed E-state index contributed by atoms with van der Waals surface area (Å²) in [5.41, 5.74) is 0.259. The van der Waals surface area contributed by atoms with E-state index in [-0.39, 0.29) is 22.5 Å². The molecule has 0 N–H and O–H groups in total. The van der Waals surface area contributed by atoms with Gasteiger partial charge in [-0.25, -0.2) is 12.8 Å². The third kappa shape index (κ3) is 5.76. The van der Waals surface area contributed by atoms with Gasteiger partial charge in [-0.1, -0.05) is 6.07 Å². The number of carbonyl (C=O) groups excluding carboxylic acids is 1. The van der Waals surface area contributed by atoms with Gasteiger partial charge in [-0.3, -0.25) is 4.79 Å². The van der Waals surface area contributed by atoms with E-state index in [4.69, 9.17) is 4.74 Å². The van der Waals surface area contributed by atoms with Crippen molar-refractivity contribution in [2.45, 2.75) is 6.92 Å². The number of nitrogens with zero attached hydrogens (tertiary/aromatic N) is 1. The Hall–Kier alpha value is -1.41. The molecule has 0 unspecified atom stereocenters. The van der Waals surface area contributed by atoms with Crippen LogP contribution >= 0.6 is 15.9 Å². The second-order valence-corrected chi connectivity index (χ2v) is 7.50. The first-order chi connectivity index (χ1) is 10.3. The zero-order valence-corrected chi connectivity index (χ0v) is 14.7. The molecule has 0 atom stereocenters. The smallest absolute Gasteiger partial charge is 0.254 e. The average Bonchev–Trinajstić information content (AvgIpc) is 2.42. The Balaban J connectivity index is 3.10. The molecular weight excluding hydrogens is 377 g/mol. The molecule has 0 radical (unpaired) electrons.